The second-order valence-corrected chi connectivity index (χ2v) is 8.83. The first-order valence-electron chi connectivity index (χ1n) is 10.4. The zero-order valence-corrected chi connectivity index (χ0v) is 20.0. The Morgan fingerprint density at radius 3 is 2.46 bits per heavy atom. The Labute approximate surface area is 208 Å². The first-order chi connectivity index (χ1) is 16.4. The topological polar surface area (TPSA) is 80.6 Å². The van der Waals surface area contributed by atoms with Crippen molar-refractivity contribution in [2.75, 3.05) is 13.2 Å². The minimum atomic E-state index is -4.82. The number of rotatable bonds is 4. The number of oxime groups is 1. The van der Waals surface area contributed by atoms with E-state index in [0.717, 1.165) is 17.2 Å². The number of carbonyl (C=O) groups is 2. The first kappa shape index (κ1) is 25.2. The molecule has 0 radical (unpaired) electrons. The first-order valence-corrected chi connectivity index (χ1v) is 11.2. The summed E-state index contributed by atoms with van der Waals surface area (Å²) in [6.07, 6.45) is -5.45. The van der Waals surface area contributed by atoms with E-state index >= 15 is 0 Å². The van der Waals surface area contributed by atoms with Crippen LogP contribution in [0.4, 0.5) is 13.2 Å². The van der Waals surface area contributed by atoms with Crippen molar-refractivity contribution in [1.29, 1.82) is 0 Å². The third kappa shape index (κ3) is 4.65. The van der Waals surface area contributed by atoms with E-state index in [9.17, 15) is 22.8 Å². The van der Waals surface area contributed by atoms with Gasteiger partial charge in [0.1, 0.15) is 12.3 Å². The predicted octanol–water partition coefficient (Wildman–Crippen LogP) is 5.26. The van der Waals surface area contributed by atoms with Crippen LogP contribution in [0, 0.1) is 6.92 Å². The fourth-order valence-corrected chi connectivity index (χ4v) is 4.36. The quantitative estimate of drug-likeness (QED) is 0.543. The number of hydrogen-bond acceptors (Lipinski definition) is 5. The number of hydrogen-bond donors (Lipinski definition) is 0. The monoisotopic (exact) mass is 527 g/mol. The number of benzene rings is 2. The third-order valence-corrected chi connectivity index (χ3v) is 6.10. The van der Waals surface area contributed by atoms with Gasteiger partial charge in [0.05, 0.1) is 5.71 Å². The number of hydroxylamine groups is 2. The van der Waals surface area contributed by atoms with Crippen LogP contribution in [0.15, 0.2) is 46.5 Å². The minimum absolute atomic E-state index is 0.0240. The van der Waals surface area contributed by atoms with Crippen molar-refractivity contribution >= 4 is 46.4 Å². The number of aryl methyl sites for hydroxylation is 1. The molecule has 0 bridgehead atoms. The van der Waals surface area contributed by atoms with E-state index in [0.29, 0.717) is 17.7 Å². The number of amides is 2. The molecule has 1 unspecified atom stereocenters. The highest BCUT2D eigenvalue weighted by Crippen LogP contribution is 2.49. The summed E-state index contributed by atoms with van der Waals surface area (Å²) in [7, 11) is 0. The molecule has 0 aliphatic carbocycles. The summed E-state index contributed by atoms with van der Waals surface area (Å²) in [5.74, 6) is -1.15. The molecule has 2 heterocycles. The normalized spacial score (nSPS) is 21.5. The summed E-state index contributed by atoms with van der Waals surface area (Å²) in [4.78, 5) is 38.7. The summed E-state index contributed by atoms with van der Waals surface area (Å²) in [6, 6.07) is 7.98. The lowest BCUT2D eigenvalue weighted by Crippen LogP contribution is -2.42. The van der Waals surface area contributed by atoms with E-state index in [1.54, 1.807) is 13.8 Å². The van der Waals surface area contributed by atoms with Gasteiger partial charge in [-0.15, -0.1) is 0 Å². The van der Waals surface area contributed by atoms with Crippen molar-refractivity contribution in [3.63, 3.8) is 0 Å². The molecular formula is C23H18Cl2F3N3O4. The highest BCUT2D eigenvalue weighted by molar-refractivity contribution is 6.42. The molecule has 4 rings (SSSR count). The van der Waals surface area contributed by atoms with Crippen LogP contribution in [0.3, 0.4) is 0 Å². The van der Waals surface area contributed by atoms with Crippen LogP contribution in [-0.4, -0.2) is 47.6 Å². The Morgan fingerprint density at radius 1 is 1.20 bits per heavy atom. The molecule has 0 aromatic heterocycles. The van der Waals surface area contributed by atoms with Crippen LogP contribution in [0.2, 0.25) is 10.0 Å². The van der Waals surface area contributed by atoms with E-state index in [1.165, 1.54) is 24.3 Å². The van der Waals surface area contributed by atoms with E-state index in [1.807, 2.05) is 0 Å². The van der Waals surface area contributed by atoms with E-state index in [2.05, 4.69) is 10.1 Å². The van der Waals surface area contributed by atoms with E-state index < -0.39 is 30.0 Å². The zero-order valence-electron chi connectivity index (χ0n) is 18.4. The molecule has 2 aromatic carbocycles. The SMILES string of the molecule is CCN1OCC(=NC(=O)c2ccc(C3=NOC(c4cc(Cl)cc(Cl)c4)(C(F)(F)F)C3)cc2C)C1=O. The Kier molecular flexibility index (Phi) is 6.65. The Balaban J connectivity index is 1.60. The molecule has 1 saturated heterocycles. The van der Waals surface area contributed by atoms with Crippen molar-refractivity contribution in [1.82, 2.24) is 5.06 Å². The lowest BCUT2D eigenvalue weighted by Gasteiger charge is -2.29. The van der Waals surface area contributed by atoms with Crippen LogP contribution in [0.5, 0.6) is 0 Å². The van der Waals surface area contributed by atoms with Gasteiger partial charge in [-0.25, -0.2) is 10.1 Å². The van der Waals surface area contributed by atoms with Gasteiger partial charge in [-0.2, -0.15) is 13.2 Å². The fraction of sp³-hybridized carbons (Fsp3) is 0.304. The minimum Gasteiger partial charge on any atom is -0.374 e. The van der Waals surface area contributed by atoms with Gasteiger partial charge in [0.2, 0.25) is 0 Å². The largest absolute Gasteiger partial charge is 0.435 e. The standard InChI is InChI=1S/C23H18Cl2F3N3O4/c1-3-31-21(33)19(11-34-31)29-20(32)17-5-4-13(6-12(17)2)18-10-22(35-30-18,23(26,27)28)14-7-15(24)9-16(25)8-14/h4-9H,3,10-11H2,1-2H3. The van der Waals surface area contributed by atoms with Crippen LogP contribution < -0.4 is 0 Å². The van der Waals surface area contributed by atoms with Gasteiger partial charge >= 0.3 is 6.18 Å². The van der Waals surface area contributed by atoms with Gasteiger partial charge in [-0.05, 0) is 55.3 Å². The van der Waals surface area contributed by atoms with Gasteiger partial charge in [-0.3, -0.25) is 14.4 Å². The van der Waals surface area contributed by atoms with Gasteiger partial charge in [0, 0.05) is 34.1 Å². The number of nitrogens with zero attached hydrogens (tertiary/aromatic N) is 3. The van der Waals surface area contributed by atoms with E-state index in [-0.39, 0.29) is 39.2 Å². The molecule has 35 heavy (non-hydrogen) atoms. The molecule has 1 fully saturated rings. The predicted molar refractivity (Wildman–Crippen MR) is 123 cm³/mol. The van der Waals surface area contributed by atoms with Crippen molar-refractivity contribution in [3.05, 3.63) is 68.7 Å². The average molecular weight is 528 g/mol. The molecule has 184 valence electrons. The van der Waals surface area contributed by atoms with Gasteiger partial charge in [0.25, 0.3) is 17.4 Å². The summed E-state index contributed by atoms with van der Waals surface area (Å²) in [5, 5.41) is 4.88. The van der Waals surface area contributed by atoms with Crippen molar-refractivity contribution < 1.29 is 32.4 Å². The smallest absolute Gasteiger partial charge is 0.374 e. The summed E-state index contributed by atoms with van der Waals surface area (Å²) in [6.45, 7) is 3.52. The number of halogens is 5. The second-order valence-electron chi connectivity index (χ2n) is 7.96. The second kappa shape index (κ2) is 9.25. The molecule has 0 saturated carbocycles. The molecular weight excluding hydrogens is 510 g/mol. The Morgan fingerprint density at radius 2 is 1.89 bits per heavy atom. The molecule has 2 aliphatic rings. The fourth-order valence-electron chi connectivity index (χ4n) is 3.83. The lowest BCUT2D eigenvalue weighted by atomic mass is 9.86. The molecule has 0 spiro atoms. The molecule has 0 N–H and O–H groups in total. The van der Waals surface area contributed by atoms with Crippen molar-refractivity contribution in [3.8, 4) is 0 Å². The molecule has 2 amide bonds. The maximum atomic E-state index is 14.2. The molecule has 7 nitrogen and oxygen atoms in total. The lowest BCUT2D eigenvalue weighted by molar-refractivity contribution is -0.275. The molecule has 2 aliphatic heterocycles. The van der Waals surface area contributed by atoms with Crippen LogP contribution in [0.1, 0.15) is 40.4 Å². The Hall–Kier alpha value is -2.95. The van der Waals surface area contributed by atoms with Crippen LogP contribution in [-0.2, 0) is 20.1 Å². The van der Waals surface area contributed by atoms with Crippen LogP contribution >= 0.6 is 23.2 Å². The number of carbonyl (C=O) groups excluding carboxylic acids is 2. The van der Waals surface area contributed by atoms with Crippen molar-refractivity contribution in [2.24, 2.45) is 10.1 Å². The number of alkyl halides is 3. The highest BCUT2D eigenvalue weighted by Gasteiger charge is 2.62. The molecule has 2 aromatic rings. The highest BCUT2D eigenvalue weighted by atomic mass is 35.5. The van der Waals surface area contributed by atoms with Crippen molar-refractivity contribution in [2.45, 2.75) is 32.0 Å². The third-order valence-electron chi connectivity index (χ3n) is 5.66. The Bertz CT molecular complexity index is 1260. The summed E-state index contributed by atoms with van der Waals surface area (Å²) < 4.78 is 42.6. The summed E-state index contributed by atoms with van der Waals surface area (Å²) in [5.41, 5.74) is -2.07. The van der Waals surface area contributed by atoms with Gasteiger partial charge in [0.15, 0.2) is 0 Å². The van der Waals surface area contributed by atoms with Crippen LogP contribution in [0.25, 0.3) is 0 Å². The maximum Gasteiger partial charge on any atom is 0.435 e. The maximum absolute atomic E-state index is 14.2. The summed E-state index contributed by atoms with van der Waals surface area (Å²) >= 11 is 11.9. The molecule has 12 heteroatoms. The van der Waals surface area contributed by atoms with E-state index in [4.69, 9.17) is 32.9 Å². The molecule has 1 atom stereocenters. The number of aliphatic imine (C=N–C) groups is 1. The zero-order chi connectivity index (χ0) is 25.5. The van der Waals surface area contributed by atoms with Gasteiger partial charge < -0.3 is 4.84 Å². The average Bonchev–Trinajstić information content (AvgIpc) is 3.38. The van der Waals surface area contributed by atoms with Gasteiger partial charge in [-0.1, -0.05) is 34.4 Å².